The minimum Gasteiger partial charge on any atom is -0.493 e. The largest absolute Gasteiger partial charge is 0.493 e. The summed E-state index contributed by atoms with van der Waals surface area (Å²) >= 11 is 0. The zero-order valence-corrected chi connectivity index (χ0v) is 17.9. The van der Waals surface area contributed by atoms with Gasteiger partial charge >= 0.3 is 0 Å². The summed E-state index contributed by atoms with van der Waals surface area (Å²) in [4.78, 5) is 35.9. The smallest absolute Gasteiger partial charge is 0.252 e. The maximum atomic E-state index is 12.9. The molecule has 0 bridgehead atoms. The van der Waals surface area contributed by atoms with Crippen molar-refractivity contribution in [2.45, 2.75) is 19.5 Å². The zero-order chi connectivity index (χ0) is 22.8. The Bertz CT molecular complexity index is 958. The Balaban J connectivity index is 2.05. The Morgan fingerprint density at radius 3 is 2.42 bits per heavy atom. The zero-order valence-electron chi connectivity index (χ0n) is 17.9. The van der Waals surface area contributed by atoms with Crippen molar-refractivity contribution >= 4 is 17.7 Å². The molecule has 2 rings (SSSR count). The third-order valence-electron chi connectivity index (χ3n) is 4.60. The summed E-state index contributed by atoms with van der Waals surface area (Å²) in [6, 6.07) is 12.2. The minimum atomic E-state index is -0.431. The summed E-state index contributed by atoms with van der Waals surface area (Å²) in [7, 11) is 3.12. The topological polar surface area (TPSA) is 106 Å². The predicted octanol–water partition coefficient (Wildman–Crippen LogP) is 2.11. The molecule has 8 heteroatoms. The Kier molecular flexibility index (Phi) is 8.63. The fourth-order valence-corrected chi connectivity index (χ4v) is 2.87. The predicted molar refractivity (Wildman–Crippen MR) is 117 cm³/mol. The normalized spacial score (nSPS) is 11.1. The minimum absolute atomic E-state index is 0.150. The quantitative estimate of drug-likeness (QED) is 0.506. The van der Waals surface area contributed by atoms with Gasteiger partial charge in [0.25, 0.3) is 5.91 Å². The first-order valence-corrected chi connectivity index (χ1v) is 9.67. The van der Waals surface area contributed by atoms with Crippen molar-refractivity contribution < 1.29 is 23.9 Å². The summed E-state index contributed by atoms with van der Waals surface area (Å²) in [5.74, 6) is 0.109. The van der Waals surface area contributed by atoms with Crippen LogP contribution in [0.15, 0.2) is 55.1 Å². The highest BCUT2D eigenvalue weighted by Gasteiger charge is 2.16. The molecule has 0 aliphatic heterocycles. The molecule has 3 amide bonds. The second kappa shape index (κ2) is 11.4. The van der Waals surface area contributed by atoms with Crippen LogP contribution in [0.1, 0.15) is 34.5 Å². The lowest BCUT2D eigenvalue weighted by Crippen LogP contribution is -2.36. The van der Waals surface area contributed by atoms with E-state index < -0.39 is 5.91 Å². The van der Waals surface area contributed by atoms with Crippen LogP contribution in [0.5, 0.6) is 11.5 Å². The molecular weight excluding hydrogens is 398 g/mol. The van der Waals surface area contributed by atoms with Crippen LogP contribution in [0.4, 0.5) is 0 Å². The van der Waals surface area contributed by atoms with E-state index in [-0.39, 0.29) is 30.9 Å². The third kappa shape index (κ3) is 6.60. The fraction of sp³-hybridized carbons (Fsp3) is 0.261. The van der Waals surface area contributed by atoms with E-state index in [1.54, 1.807) is 44.6 Å². The van der Waals surface area contributed by atoms with Crippen molar-refractivity contribution in [1.82, 2.24) is 16.0 Å². The number of rotatable bonds is 10. The van der Waals surface area contributed by atoms with E-state index in [2.05, 4.69) is 22.5 Å². The molecule has 0 fully saturated rings. The standard InChI is InChI=1S/C23H27N3O5/c1-5-21(27)25-14-22(28)24-13-17-8-6-7-9-18(17)23(29)26-15(2)16-10-11-19(30-3)20(12-16)31-4/h5-12,15H,1,13-14H2,2-4H3,(H,24,28)(H,25,27)(H,26,29). The van der Waals surface area contributed by atoms with E-state index in [0.29, 0.717) is 22.6 Å². The number of amides is 3. The molecule has 8 nitrogen and oxygen atoms in total. The number of ether oxygens (including phenoxy) is 2. The molecule has 2 aromatic rings. The van der Waals surface area contributed by atoms with Crippen LogP contribution in [0.25, 0.3) is 0 Å². The molecule has 3 N–H and O–H groups in total. The van der Waals surface area contributed by atoms with E-state index in [0.717, 1.165) is 11.6 Å². The molecule has 164 valence electrons. The lowest BCUT2D eigenvalue weighted by molar-refractivity contribution is -0.124. The van der Waals surface area contributed by atoms with Crippen LogP contribution in [0.2, 0.25) is 0 Å². The maximum Gasteiger partial charge on any atom is 0.252 e. The van der Waals surface area contributed by atoms with Gasteiger partial charge in [-0.25, -0.2) is 0 Å². The third-order valence-corrected chi connectivity index (χ3v) is 4.60. The maximum absolute atomic E-state index is 12.9. The van der Waals surface area contributed by atoms with Crippen molar-refractivity contribution in [1.29, 1.82) is 0 Å². The van der Waals surface area contributed by atoms with E-state index in [1.807, 2.05) is 19.1 Å². The van der Waals surface area contributed by atoms with Crippen LogP contribution >= 0.6 is 0 Å². The molecule has 0 spiro atoms. The molecule has 0 heterocycles. The van der Waals surface area contributed by atoms with Crippen molar-refractivity contribution in [2.75, 3.05) is 20.8 Å². The first-order valence-electron chi connectivity index (χ1n) is 9.67. The van der Waals surface area contributed by atoms with Crippen molar-refractivity contribution in [3.63, 3.8) is 0 Å². The fourth-order valence-electron chi connectivity index (χ4n) is 2.87. The Labute approximate surface area is 181 Å². The highest BCUT2D eigenvalue weighted by Crippen LogP contribution is 2.30. The number of methoxy groups -OCH3 is 2. The van der Waals surface area contributed by atoms with Crippen LogP contribution in [-0.2, 0) is 16.1 Å². The number of benzene rings is 2. The van der Waals surface area contributed by atoms with Crippen LogP contribution in [0.3, 0.4) is 0 Å². The van der Waals surface area contributed by atoms with Gasteiger partial charge in [-0.15, -0.1) is 0 Å². The summed E-state index contributed by atoms with van der Waals surface area (Å²) in [6.45, 7) is 5.17. The van der Waals surface area contributed by atoms with Gasteiger partial charge in [0.05, 0.1) is 26.8 Å². The highest BCUT2D eigenvalue weighted by atomic mass is 16.5. The average molecular weight is 425 g/mol. The van der Waals surface area contributed by atoms with Crippen molar-refractivity contribution in [3.05, 3.63) is 71.8 Å². The van der Waals surface area contributed by atoms with E-state index in [9.17, 15) is 14.4 Å². The lowest BCUT2D eigenvalue weighted by atomic mass is 10.0. The number of carbonyl (C=O) groups is 3. The molecular formula is C23H27N3O5. The van der Waals surface area contributed by atoms with Gasteiger partial charge in [0.2, 0.25) is 11.8 Å². The molecule has 0 aromatic heterocycles. The van der Waals surface area contributed by atoms with Gasteiger partial charge in [0.1, 0.15) is 0 Å². The van der Waals surface area contributed by atoms with Crippen LogP contribution < -0.4 is 25.4 Å². The van der Waals surface area contributed by atoms with Gasteiger partial charge in [0.15, 0.2) is 11.5 Å². The van der Waals surface area contributed by atoms with E-state index >= 15 is 0 Å². The first-order chi connectivity index (χ1) is 14.9. The summed E-state index contributed by atoms with van der Waals surface area (Å²) in [5, 5.41) is 8.05. The molecule has 0 aliphatic rings. The summed E-state index contributed by atoms with van der Waals surface area (Å²) < 4.78 is 10.6. The lowest BCUT2D eigenvalue weighted by Gasteiger charge is -2.18. The molecule has 2 aromatic carbocycles. The van der Waals surface area contributed by atoms with E-state index in [4.69, 9.17) is 9.47 Å². The Hall–Kier alpha value is -3.81. The average Bonchev–Trinajstić information content (AvgIpc) is 2.80. The molecule has 0 radical (unpaired) electrons. The molecule has 1 unspecified atom stereocenters. The molecule has 0 saturated carbocycles. The van der Waals surface area contributed by atoms with Gasteiger partial charge < -0.3 is 25.4 Å². The molecule has 31 heavy (non-hydrogen) atoms. The summed E-state index contributed by atoms with van der Waals surface area (Å²) in [6.07, 6.45) is 1.09. The van der Waals surface area contributed by atoms with Gasteiger partial charge in [-0.3, -0.25) is 14.4 Å². The monoisotopic (exact) mass is 425 g/mol. The number of nitrogens with one attached hydrogen (secondary N) is 3. The van der Waals surface area contributed by atoms with Crippen molar-refractivity contribution in [3.8, 4) is 11.5 Å². The Morgan fingerprint density at radius 1 is 1.03 bits per heavy atom. The molecule has 0 aliphatic carbocycles. The highest BCUT2D eigenvalue weighted by molar-refractivity contribution is 5.96. The number of hydrogen-bond donors (Lipinski definition) is 3. The van der Waals surface area contributed by atoms with Gasteiger partial charge in [-0.1, -0.05) is 30.8 Å². The van der Waals surface area contributed by atoms with Gasteiger partial charge in [0, 0.05) is 12.1 Å². The number of carbonyl (C=O) groups excluding carboxylic acids is 3. The SMILES string of the molecule is C=CC(=O)NCC(=O)NCc1ccccc1C(=O)NC(C)c1ccc(OC)c(OC)c1. The second-order valence-corrected chi connectivity index (χ2v) is 6.67. The molecule has 1 atom stereocenters. The molecule has 0 saturated heterocycles. The van der Waals surface area contributed by atoms with E-state index in [1.165, 1.54) is 0 Å². The first kappa shape index (κ1) is 23.5. The van der Waals surface area contributed by atoms with Crippen molar-refractivity contribution in [2.24, 2.45) is 0 Å². The van der Waals surface area contributed by atoms with Gasteiger partial charge in [-0.05, 0) is 42.3 Å². The second-order valence-electron chi connectivity index (χ2n) is 6.67. The van der Waals surface area contributed by atoms with Crippen LogP contribution in [0, 0.1) is 0 Å². The Morgan fingerprint density at radius 2 is 1.74 bits per heavy atom. The summed E-state index contributed by atoms with van der Waals surface area (Å²) in [5.41, 5.74) is 1.96. The number of hydrogen-bond acceptors (Lipinski definition) is 5. The van der Waals surface area contributed by atoms with Crippen LogP contribution in [-0.4, -0.2) is 38.5 Å². The van der Waals surface area contributed by atoms with Gasteiger partial charge in [-0.2, -0.15) is 0 Å².